The molecular weight excluding hydrogens is 515 g/mol. The number of halogens is 2. The van der Waals surface area contributed by atoms with Gasteiger partial charge in [-0.1, -0.05) is 42.3 Å². The third kappa shape index (κ3) is 7.08. The average Bonchev–Trinajstić information content (AvgIpc) is 2.90. The Balaban J connectivity index is 1.21. The monoisotopic (exact) mass is 548 g/mol. The van der Waals surface area contributed by atoms with Crippen LogP contribution in [0.5, 0.6) is 5.75 Å². The van der Waals surface area contributed by atoms with Crippen molar-refractivity contribution in [2.24, 2.45) is 0 Å². The van der Waals surface area contributed by atoms with Gasteiger partial charge in [0.15, 0.2) is 0 Å². The Morgan fingerprint density at radius 1 is 1.03 bits per heavy atom. The number of carbonyl (C=O) groups excluding carboxylic acids is 2. The van der Waals surface area contributed by atoms with Crippen LogP contribution in [0, 0.1) is 0 Å². The van der Waals surface area contributed by atoms with Crippen LogP contribution in [-0.4, -0.2) is 62.8 Å². The predicted molar refractivity (Wildman–Crippen MR) is 147 cm³/mol. The molecule has 10 heteroatoms. The Morgan fingerprint density at radius 2 is 1.84 bits per heavy atom. The Labute approximate surface area is 228 Å². The summed E-state index contributed by atoms with van der Waals surface area (Å²) < 4.78 is 5.96. The first-order valence-corrected chi connectivity index (χ1v) is 13.7. The fourth-order valence-corrected chi connectivity index (χ4v) is 4.99. The highest BCUT2D eigenvalue weighted by Crippen LogP contribution is 2.33. The molecule has 0 spiro atoms. The first kappa shape index (κ1) is 27.5. The number of benzene rings is 2. The Hall–Kier alpha value is -2.52. The van der Waals surface area contributed by atoms with Crippen LogP contribution in [0.1, 0.15) is 38.2 Å². The number of hydrogen-bond acceptors (Lipinski definition) is 7. The molecule has 2 aromatic rings. The number of hydrogen-bond donors (Lipinski definition) is 1. The summed E-state index contributed by atoms with van der Waals surface area (Å²) in [4.78, 5) is 35.9. The highest BCUT2D eigenvalue weighted by Gasteiger charge is 2.31. The van der Waals surface area contributed by atoms with Crippen molar-refractivity contribution in [2.45, 2.75) is 39.0 Å². The molecule has 2 aromatic carbocycles. The number of nitrogens with zero attached hydrogens (tertiary/aromatic N) is 3. The molecule has 8 nitrogen and oxygen atoms in total. The van der Waals surface area contributed by atoms with Crippen LogP contribution >= 0.6 is 23.2 Å². The lowest BCUT2D eigenvalue weighted by molar-refractivity contribution is -0.118. The summed E-state index contributed by atoms with van der Waals surface area (Å²) in [7, 11) is 0. The van der Waals surface area contributed by atoms with Crippen LogP contribution < -0.4 is 20.0 Å². The summed E-state index contributed by atoms with van der Waals surface area (Å²) in [6, 6.07) is 11.3. The molecular formula is C27H34Cl2N4O4. The van der Waals surface area contributed by atoms with Crippen molar-refractivity contribution in [2.75, 3.05) is 55.7 Å². The minimum Gasteiger partial charge on any atom is -0.494 e. The van der Waals surface area contributed by atoms with Gasteiger partial charge in [-0.25, -0.2) is 9.69 Å². The van der Waals surface area contributed by atoms with Crippen LogP contribution in [0.4, 0.5) is 16.2 Å². The first-order valence-electron chi connectivity index (χ1n) is 12.9. The molecule has 2 aliphatic heterocycles. The smallest absolute Gasteiger partial charge is 0.440 e. The van der Waals surface area contributed by atoms with E-state index >= 15 is 0 Å². The number of unbranched alkanes of at least 4 members (excludes halogenated alkanes) is 1. The molecule has 0 radical (unpaired) electrons. The number of fused-ring (bicyclic) bond motifs is 1. The second-order valence-electron chi connectivity index (χ2n) is 9.24. The number of ether oxygens (including phenoxy) is 1. The summed E-state index contributed by atoms with van der Waals surface area (Å²) in [6.45, 7) is 7.83. The second kappa shape index (κ2) is 13.3. The van der Waals surface area contributed by atoms with E-state index < -0.39 is 6.09 Å². The van der Waals surface area contributed by atoms with Gasteiger partial charge in [0, 0.05) is 45.2 Å². The number of nitrogens with one attached hydrogen (secondary N) is 1. The first-order chi connectivity index (χ1) is 18.0. The molecule has 4 rings (SSSR count). The lowest BCUT2D eigenvalue weighted by Crippen LogP contribution is -2.46. The lowest BCUT2D eigenvalue weighted by Gasteiger charge is -2.36. The lowest BCUT2D eigenvalue weighted by atomic mass is 10.0. The van der Waals surface area contributed by atoms with Gasteiger partial charge >= 0.3 is 6.09 Å². The molecule has 200 valence electrons. The van der Waals surface area contributed by atoms with E-state index in [0.29, 0.717) is 41.1 Å². The van der Waals surface area contributed by atoms with E-state index in [2.05, 4.69) is 15.3 Å². The Kier molecular flexibility index (Phi) is 9.91. The SMILES string of the molecule is CCCNOC(=O)N1C(=O)CCc2ccc(OCCCCN3CCN(c4cccc(Cl)c4Cl)CC3)cc21. The maximum atomic E-state index is 12.5. The summed E-state index contributed by atoms with van der Waals surface area (Å²) in [5.41, 5.74) is 5.06. The number of carbonyl (C=O) groups is 2. The van der Waals surface area contributed by atoms with Crippen LogP contribution in [0.2, 0.25) is 10.0 Å². The van der Waals surface area contributed by atoms with E-state index in [1.165, 1.54) is 0 Å². The van der Waals surface area contributed by atoms with Crippen LogP contribution in [0.3, 0.4) is 0 Å². The van der Waals surface area contributed by atoms with E-state index in [9.17, 15) is 9.59 Å². The van der Waals surface area contributed by atoms with Gasteiger partial charge in [-0.2, -0.15) is 5.48 Å². The molecule has 1 saturated heterocycles. The van der Waals surface area contributed by atoms with E-state index in [0.717, 1.165) is 68.1 Å². The minimum atomic E-state index is -0.714. The standard InChI is InChI=1S/C27H34Cl2N4O4/c1-2-12-30-37-27(35)33-24-19-21(10-8-20(24)9-11-25(33)34)36-18-4-3-13-31-14-16-32(17-15-31)23-7-5-6-22(28)26(23)29/h5-8,10,19,30H,2-4,9,11-18H2,1H3. The molecule has 0 atom stereocenters. The van der Waals surface area contributed by atoms with Gasteiger partial charge in [0.25, 0.3) is 0 Å². The van der Waals surface area contributed by atoms with Crippen molar-refractivity contribution in [1.82, 2.24) is 10.4 Å². The molecule has 0 aliphatic carbocycles. The molecule has 2 amide bonds. The summed E-state index contributed by atoms with van der Waals surface area (Å²) in [5.74, 6) is 0.366. The molecule has 2 aliphatic rings. The molecule has 1 fully saturated rings. The zero-order valence-electron chi connectivity index (χ0n) is 21.2. The number of rotatable bonds is 10. The number of piperazine rings is 1. The van der Waals surface area contributed by atoms with Crippen molar-refractivity contribution in [3.05, 3.63) is 52.0 Å². The molecule has 0 saturated carbocycles. The topological polar surface area (TPSA) is 74.3 Å². The second-order valence-corrected chi connectivity index (χ2v) is 10.0. The van der Waals surface area contributed by atoms with Crippen LogP contribution in [0.25, 0.3) is 0 Å². The summed E-state index contributed by atoms with van der Waals surface area (Å²) >= 11 is 12.5. The predicted octanol–water partition coefficient (Wildman–Crippen LogP) is 5.31. The largest absolute Gasteiger partial charge is 0.494 e. The number of hydroxylamine groups is 1. The molecule has 0 aromatic heterocycles. The number of imide groups is 1. The molecule has 37 heavy (non-hydrogen) atoms. The van der Waals surface area contributed by atoms with Crippen molar-refractivity contribution in [1.29, 1.82) is 0 Å². The van der Waals surface area contributed by atoms with Gasteiger partial charge in [0.05, 0.1) is 28.0 Å². The number of aryl methyl sites for hydroxylation is 1. The van der Waals surface area contributed by atoms with Crippen LogP contribution in [-0.2, 0) is 16.1 Å². The normalized spacial score (nSPS) is 16.0. The molecule has 1 N–H and O–H groups in total. The van der Waals surface area contributed by atoms with Gasteiger partial charge in [0.1, 0.15) is 5.75 Å². The highest BCUT2D eigenvalue weighted by atomic mass is 35.5. The Morgan fingerprint density at radius 3 is 2.62 bits per heavy atom. The summed E-state index contributed by atoms with van der Waals surface area (Å²) in [5, 5.41) is 1.21. The van der Waals surface area contributed by atoms with Gasteiger partial charge < -0.3 is 14.5 Å². The molecule has 0 bridgehead atoms. The minimum absolute atomic E-state index is 0.273. The van der Waals surface area contributed by atoms with Gasteiger partial charge in [-0.05, 0) is 56.0 Å². The fourth-order valence-electron chi connectivity index (χ4n) is 4.58. The Bertz CT molecular complexity index is 1090. The molecule has 2 heterocycles. The van der Waals surface area contributed by atoms with E-state index in [-0.39, 0.29) is 12.3 Å². The van der Waals surface area contributed by atoms with Gasteiger partial charge in [-0.3, -0.25) is 9.69 Å². The van der Waals surface area contributed by atoms with E-state index in [1.807, 2.05) is 37.3 Å². The number of amides is 2. The van der Waals surface area contributed by atoms with Crippen molar-refractivity contribution < 1.29 is 19.2 Å². The van der Waals surface area contributed by atoms with Gasteiger partial charge in [0.2, 0.25) is 5.91 Å². The van der Waals surface area contributed by atoms with Gasteiger partial charge in [-0.15, -0.1) is 0 Å². The van der Waals surface area contributed by atoms with Crippen molar-refractivity contribution >= 4 is 46.6 Å². The third-order valence-corrected chi connectivity index (χ3v) is 7.44. The average molecular weight is 549 g/mol. The maximum absolute atomic E-state index is 12.5. The zero-order chi connectivity index (χ0) is 26.2. The van der Waals surface area contributed by atoms with E-state index in [4.69, 9.17) is 32.8 Å². The van der Waals surface area contributed by atoms with Crippen LogP contribution in [0.15, 0.2) is 36.4 Å². The van der Waals surface area contributed by atoms with Crippen molar-refractivity contribution in [3.8, 4) is 5.75 Å². The highest BCUT2D eigenvalue weighted by molar-refractivity contribution is 6.43. The van der Waals surface area contributed by atoms with E-state index in [1.54, 1.807) is 6.07 Å². The fraction of sp³-hybridized carbons (Fsp3) is 0.481. The quantitative estimate of drug-likeness (QED) is 0.318. The summed E-state index contributed by atoms with van der Waals surface area (Å²) in [6.07, 6.45) is 2.89. The third-order valence-electron chi connectivity index (χ3n) is 6.63. The zero-order valence-corrected chi connectivity index (χ0v) is 22.7. The maximum Gasteiger partial charge on any atom is 0.440 e. The number of anilines is 2. The van der Waals surface area contributed by atoms with Crippen molar-refractivity contribution in [3.63, 3.8) is 0 Å². The molecule has 0 unspecified atom stereocenters.